The topological polar surface area (TPSA) is 69.6 Å². The van der Waals surface area contributed by atoms with Crippen LogP contribution >= 0.6 is 0 Å². The molecule has 0 unspecified atom stereocenters. The Morgan fingerprint density at radius 3 is 2.87 bits per heavy atom. The van der Waals surface area contributed by atoms with Crippen molar-refractivity contribution in [3.8, 4) is 0 Å². The number of methoxy groups -OCH3 is 1. The zero-order valence-electron chi connectivity index (χ0n) is 13.5. The highest BCUT2D eigenvalue weighted by Gasteiger charge is 2.13. The largest absolute Gasteiger partial charge is 0.465 e. The van der Waals surface area contributed by atoms with Crippen LogP contribution in [0.4, 0.5) is 0 Å². The van der Waals surface area contributed by atoms with Gasteiger partial charge in [0.2, 0.25) is 0 Å². The lowest BCUT2D eigenvalue weighted by Crippen LogP contribution is -2.03. The molecule has 5 nitrogen and oxygen atoms in total. The smallest absolute Gasteiger partial charge is 0.337 e. The SMILES string of the molecule is C=C/C=C(\N=C/C)n1cc(CCN)c2cc(C(=O)OC)ccc21. The fraction of sp³-hybridized carbons (Fsp3) is 0.222. The number of rotatable bonds is 6. The van der Waals surface area contributed by atoms with E-state index in [2.05, 4.69) is 11.6 Å². The van der Waals surface area contributed by atoms with Gasteiger partial charge in [0.25, 0.3) is 0 Å². The number of nitrogens with zero attached hydrogens (tertiary/aromatic N) is 2. The molecule has 2 aromatic rings. The molecule has 0 saturated heterocycles. The normalized spacial score (nSPS) is 12.0. The molecule has 0 spiro atoms. The summed E-state index contributed by atoms with van der Waals surface area (Å²) in [5.41, 5.74) is 8.26. The third kappa shape index (κ3) is 3.40. The fourth-order valence-corrected chi connectivity index (χ4v) is 2.51. The third-order valence-corrected chi connectivity index (χ3v) is 3.50. The average molecular weight is 311 g/mol. The van der Waals surface area contributed by atoms with Gasteiger partial charge in [-0.1, -0.05) is 12.7 Å². The molecule has 1 aromatic heterocycles. The summed E-state index contributed by atoms with van der Waals surface area (Å²) in [4.78, 5) is 16.2. The predicted octanol–water partition coefficient (Wildman–Crippen LogP) is 3.00. The van der Waals surface area contributed by atoms with Gasteiger partial charge in [0.1, 0.15) is 5.82 Å². The number of esters is 1. The molecule has 0 fully saturated rings. The van der Waals surface area contributed by atoms with Gasteiger partial charge in [-0.05, 0) is 49.7 Å². The number of benzene rings is 1. The van der Waals surface area contributed by atoms with Crippen LogP contribution in [-0.2, 0) is 11.2 Å². The first-order valence-corrected chi connectivity index (χ1v) is 7.40. The van der Waals surface area contributed by atoms with Crippen molar-refractivity contribution in [2.75, 3.05) is 13.7 Å². The van der Waals surface area contributed by atoms with Crippen LogP contribution in [0.3, 0.4) is 0 Å². The Morgan fingerprint density at radius 2 is 2.26 bits per heavy atom. The zero-order chi connectivity index (χ0) is 16.8. The van der Waals surface area contributed by atoms with E-state index in [9.17, 15) is 4.79 Å². The van der Waals surface area contributed by atoms with E-state index in [1.54, 1.807) is 18.4 Å². The van der Waals surface area contributed by atoms with Crippen molar-refractivity contribution in [3.05, 3.63) is 54.3 Å². The molecule has 0 aliphatic rings. The molecule has 120 valence electrons. The first kappa shape index (κ1) is 16.7. The van der Waals surface area contributed by atoms with Gasteiger partial charge in [0.15, 0.2) is 0 Å². The summed E-state index contributed by atoms with van der Waals surface area (Å²) < 4.78 is 6.77. The second-order valence-electron chi connectivity index (χ2n) is 4.93. The summed E-state index contributed by atoms with van der Waals surface area (Å²) >= 11 is 0. The van der Waals surface area contributed by atoms with E-state index < -0.39 is 0 Å². The second kappa shape index (κ2) is 7.56. The lowest BCUT2D eigenvalue weighted by atomic mass is 10.1. The number of aliphatic imine (C=N–C) groups is 1. The van der Waals surface area contributed by atoms with E-state index >= 15 is 0 Å². The van der Waals surface area contributed by atoms with Crippen LogP contribution in [0, 0.1) is 0 Å². The molecule has 0 aliphatic heterocycles. The van der Waals surface area contributed by atoms with Crippen molar-refractivity contribution in [2.24, 2.45) is 10.7 Å². The second-order valence-corrected chi connectivity index (χ2v) is 4.93. The molecule has 0 atom stereocenters. The van der Waals surface area contributed by atoms with Crippen LogP contribution < -0.4 is 5.73 Å². The highest BCUT2D eigenvalue weighted by atomic mass is 16.5. The molecular formula is C18H21N3O2. The highest BCUT2D eigenvalue weighted by Crippen LogP contribution is 2.27. The lowest BCUT2D eigenvalue weighted by Gasteiger charge is -2.06. The summed E-state index contributed by atoms with van der Waals surface area (Å²) in [7, 11) is 1.37. The van der Waals surface area contributed by atoms with Gasteiger partial charge < -0.3 is 15.0 Å². The maximum atomic E-state index is 11.8. The minimum absolute atomic E-state index is 0.355. The van der Waals surface area contributed by atoms with Gasteiger partial charge in [-0.2, -0.15) is 0 Å². The first-order valence-electron chi connectivity index (χ1n) is 7.40. The molecule has 0 saturated carbocycles. The van der Waals surface area contributed by atoms with Crippen molar-refractivity contribution < 1.29 is 9.53 Å². The monoisotopic (exact) mass is 311 g/mol. The molecule has 0 amide bonds. The number of carbonyl (C=O) groups is 1. The van der Waals surface area contributed by atoms with Crippen LogP contribution in [0.15, 0.2) is 48.1 Å². The predicted molar refractivity (Wildman–Crippen MR) is 94.7 cm³/mol. The molecule has 0 aliphatic carbocycles. The Hall–Kier alpha value is -2.66. The van der Waals surface area contributed by atoms with E-state index in [1.165, 1.54) is 7.11 Å². The molecular weight excluding hydrogens is 290 g/mol. The van der Waals surface area contributed by atoms with Crippen molar-refractivity contribution in [3.63, 3.8) is 0 Å². The highest BCUT2D eigenvalue weighted by molar-refractivity contribution is 5.97. The van der Waals surface area contributed by atoms with Gasteiger partial charge in [0.05, 0.1) is 18.2 Å². The number of allylic oxidation sites excluding steroid dienone is 2. The number of hydrogen-bond acceptors (Lipinski definition) is 4. The summed E-state index contributed by atoms with van der Waals surface area (Å²) in [5, 5.41) is 0.972. The van der Waals surface area contributed by atoms with E-state index in [4.69, 9.17) is 10.5 Å². The van der Waals surface area contributed by atoms with Gasteiger partial charge in [-0.15, -0.1) is 0 Å². The third-order valence-electron chi connectivity index (χ3n) is 3.50. The van der Waals surface area contributed by atoms with Crippen LogP contribution in [0.2, 0.25) is 0 Å². The van der Waals surface area contributed by atoms with Crippen LogP contribution in [0.5, 0.6) is 0 Å². The molecule has 0 bridgehead atoms. The molecule has 2 rings (SSSR count). The Labute approximate surface area is 135 Å². The first-order chi connectivity index (χ1) is 11.2. The van der Waals surface area contributed by atoms with Gasteiger partial charge >= 0.3 is 5.97 Å². The Morgan fingerprint density at radius 1 is 1.48 bits per heavy atom. The van der Waals surface area contributed by atoms with Gasteiger partial charge in [-0.25, -0.2) is 9.79 Å². The minimum Gasteiger partial charge on any atom is -0.465 e. The van der Waals surface area contributed by atoms with E-state index in [-0.39, 0.29) is 5.97 Å². The molecule has 0 radical (unpaired) electrons. The molecule has 1 heterocycles. The van der Waals surface area contributed by atoms with E-state index in [1.807, 2.05) is 35.9 Å². The Bertz CT molecular complexity index is 785. The average Bonchev–Trinajstić information content (AvgIpc) is 2.92. The minimum atomic E-state index is -0.355. The van der Waals surface area contributed by atoms with Crippen LogP contribution in [0.25, 0.3) is 16.7 Å². The maximum absolute atomic E-state index is 11.8. The molecule has 2 N–H and O–H groups in total. The van der Waals surface area contributed by atoms with Crippen molar-refractivity contribution in [1.29, 1.82) is 0 Å². The maximum Gasteiger partial charge on any atom is 0.337 e. The van der Waals surface area contributed by atoms with Crippen molar-refractivity contribution in [1.82, 2.24) is 4.57 Å². The zero-order valence-corrected chi connectivity index (χ0v) is 13.5. The van der Waals surface area contributed by atoms with E-state index in [0.29, 0.717) is 18.5 Å². The van der Waals surface area contributed by atoms with E-state index in [0.717, 1.165) is 22.3 Å². The molecule has 5 heteroatoms. The number of fused-ring (bicyclic) bond motifs is 1. The Balaban J connectivity index is 2.69. The summed E-state index contributed by atoms with van der Waals surface area (Å²) in [5.74, 6) is 0.397. The quantitative estimate of drug-likeness (QED) is 0.506. The fourth-order valence-electron chi connectivity index (χ4n) is 2.51. The van der Waals surface area contributed by atoms with Gasteiger partial charge in [-0.3, -0.25) is 0 Å². The Kier molecular flexibility index (Phi) is 5.49. The van der Waals surface area contributed by atoms with Crippen LogP contribution in [-0.4, -0.2) is 30.4 Å². The number of aromatic nitrogens is 1. The summed E-state index contributed by atoms with van der Waals surface area (Å²) in [6.07, 6.45) is 7.97. The molecule has 1 aromatic carbocycles. The summed E-state index contributed by atoms with van der Waals surface area (Å²) in [6, 6.07) is 5.48. The van der Waals surface area contributed by atoms with Crippen LogP contribution in [0.1, 0.15) is 22.8 Å². The number of nitrogens with two attached hydrogens (primary N) is 1. The standard InChI is InChI=1S/C18H21N3O2/c1-4-6-17(20-5-2)21-12-14(9-10-19)15-11-13(18(22)23-3)7-8-16(15)21/h4-8,11-12H,1,9-10,19H2,2-3H3/b17-6+,20-5-. The number of hydrogen-bond donors (Lipinski definition) is 1. The van der Waals surface area contributed by atoms with Crippen molar-refractivity contribution >= 4 is 28.9 Å². The van der Waals surface area contributed by atoms with Gasteiger partial charge in [0, 0.05) is 17.8 Å². The number of ether oxygens (including phenoxy) is 1. The molecule has 23 heavy (non-hydrogen) atoms. The lowest BCUT2D eigenvalue weighted by molar-refractivity contribution is 0.0601. The number of carbonyl (C=O) groups excluding carboxylic acids is 1. The summed E-state index contributed by atoms with van der Waals surface area (Å²) in [6.45, 7) is 6.12. The van der Waals surface area contributed by atoms with Crippen molar-refractivity contribution in [2.45, 2.75) is 13.3 Å².